The van der Waals surface area contributed by atoms with Crippen LogP contribution in [0.1, 0.15) is 0 Å². The smallest absolute Gasteiger partial charge is 0.0504 e. The number of hydrogen-bond acceptors (Lipinski definition) is 3. The summed E-state index contributed by atoms with van der Waals surface area (Å²) in [4.78, 5) is 1.71. The van der Waals surface area contributed by atoms with Crippen LogP contribution < -0.4 is 0 Å². The molecule has 5 heteroatoms. The van der Waals surface area contributed by atoms with Gasteiger partial charge in [0.25, 0.3) is 0 Å². The number of rotatable bonds is 4. The Labute approximate surface area is 190 Å². The van der Waals surface area contributed by atoms with Gasteiger partial charge in [-0.3, -0.25) is 8.42 Å². The van der Waals surface area contributed by atoms with Crippen molar-refractivity contribution in [2.24, 2.45) is 0 Å². The van der Waals surface area contributed by atoms with Gasteiger partial charge in [0.05, 0.1) is 21.6 Å². The van der Waals surface area contributed by atoms with Crippen molar-refractivity contribution in [3.05, 3.63) is 84.9 Å². The van der Waals surface area contributed by atoms with Gasteiger partial charge in [0, 0.05) is 42.5 Å². The molecule has 0 saturated heterocycles. The van der Waals surface area contributed by atoms with E-state index >= 15 is 0 Å². The fourth-order valence-corrected chi connectivity index (χ4v) is 6.74. The summed E-state index contributed by atoms with van der Waals surface area (Å²) in [5.41, 5.74) is 4.19. The van der Waals surface area contributed by atoms with Crippen LogP contribution in [0.4, 0.5) is 0 Å². The molecule has 0 N–H and O–H groups in total. The van der Waals surface area contributed by atoms with Gasteiger partial charge < -0.3 is 0 Å². The Bertz CT molecular complexity index is 1390. The molecular formula is C26H20O2S3. The molecule has 1 heterocycles. The van der Waals surface area contributed by atoms with E-state index in [2.05, 4.69) is 36.4 Å². The fraction of sp³-hybridized carbons (Fsp3) is 0.0769. The summed E-state index contributed by atoms with van der Waals surface area (Å²) < 4.78 is 26.8. The third-order valence-corrected chi connectivity index (χ3v) is 8.55. The maximum atomic E-state index is 12.2. The van der Waals surface area contributed by atoms with Gasteiger partial charge in [-0.15, -0.1) is 11.3 Å². The van der Waals surface area contributed by atoms with Gasteiger partial charge >= 0.3 is 0 Å². The number of fused-ring (bicyclic) bond motifs is 3. The van der Waals surface area contributed by atoms with Gasteiger partial charge in [-0.25, -0.2) is 0 Å². The first-order chi connectivity index (χ1) is 15.0. The minimum absolute atomic E-state index is 0.856. The highest BCUT2D eigenvalue weighted by molar-refractivity contribution is 7.84. The molecule has 2 atom stereocenters. The molecule has 4 aromatic carbocycles. The molecule has 0 aliphatic carbocycles. The van der Waals surface area contributed by atoms with Crippen molar-refractivity contribution in [1.82, 2.24) is 0 Å². The zero-order chi connectivity index (χ0) is 21.5. The van der Waals surface area contributed by atoms with E-state index in [0.717, 1.165) is 32.0 Å². The zero-order valence-corrected chi connectivity index (χ0v) is 19.6. The average molecular weight is 461 g/mol. The van der Waals surface area contributed by atoms with Crippen molar-refractivity contribution in [3.63, 3.8) is 0 Å². The van der Waals surface area contributed by atoms with E-state index in [-0.39, 0.29) is 0 Å². The summed E-state index contributed by atoms with van der Waals surface area (Å²) in [6.45, 7) is 0. The monoisotopic (exact) mass is 460 g/mol. The van der Waals surface area contributed by atoms with Gasteiger partial charge in [-0.1, -0.05) is 60.7 Å². The van der Waals surface area contributed by atoms with E-state index in [0.29, 0.717) is 0 Å². The minimum atomic E-state index is -1.04. The normalized spacial score (nSPS) is 13.5. The van der Waals surface area contributed by atoms with Gasteiger partial charge in [0.15, 0.2) is 0 Å². The second-order valence-corrected chi connectivity index (χ2v) is 11.2. The number of benzene rings is 4. The topological polar surface area (TPSA) is 34.1 Å². The molecule has 2 nitrogen and oxygen atoms in total. The molecule has 0 bridgehead atoms. The van der Waals surface area contributed by atoms with E-state index in [9.17, 15) is 8.42 Å². The molecule has 0 aliphatic rings. The van der Waals surface area contributed by atoms with Crippen LogP contribution in [0.25, 0.3) is 42.4 Å². The molecule has 0 fully saturated rings. The second kappa shape index (κ2) is 8.15. The lowest BCUT2D eigenvalue weighted by Gasteiger charge is -2.08. The molecule has 5 aromatic rings. The first-order valence-electron chi connectivity index (χ1n) is 9.85. The van der Waals surface area contributed by atoms with Gasteiger partial charge in [-0.2, -0.15) is 0 Å². The first-order valence-corrected chi connectivity index (χ1v) is 13.8. The molecule has 154 valence electrons. The van der Waals surface area contributed by atoms with Crippen molar-refractivity contribution in [2.45, 2.75) is 9.79 Å². The van der Waals surface area contributed by atoms with Crippen molar-refractivity contribution in [2.75, 3.05) is 12.5 Å². The maximum absolute atomic E-state index is 12.2. The van der Waals surface area contributed by atoms with E-state index < -0.39 is 21.6 Å². The summed E-state index contributed by atoms with van der Waals surface area (Å²) in [7, 11) is -2.08. The quantitative estimate of drug-likeness (QED) is 0.293. The van der Waals surface area contributed by atoms with Crippen LogP contribution in [-0.2, 0) is 21.6 Å². The average Bonchev–Trinajstić information content (AvgIpc) is 3.15. The Hall–Kier alpha value is -2.60. The number of hydrogen-bond donors (Lipinski definition) is 0. The largest absolute Gasteiger partial charge is 0.255 e. The second-order valence-electron chi connectivity index (χ2n) is 7.42. The summed E-state index contributed by atoms with van der Waals surface area (Å²) >= 11 is 1.76. The van der Waals surface area contributed by atoms with Crippen LogP contribution >= 0.6 is 11.3 Å². The van der Waals surface area contributed by atoms with Crippen LogP contribution in [-0.4, -0.2) is 20.9 Å². The first kappa shape index (κ1) is 20.3. The Morgan fingerprint density at radius 2 is 1.00 bits per heavy atom. The predicted octanol–water partition coefficient (Wildman–Crippen LogP) is 6.86. The minimum Gasteiger partial charge on any atom is -0.255 e. The predicted molar refractivity (Wildman–Crippen MR) is 135 cm³/mol. The molecule has 5 rings (SSSR count). The third kappa shape index (κ3) is 3.67. The standard InChI is InChI=1S/C26H20O2S3/c1-30(27)25-9-5-3-7-19(25)17-11-13-21-22-14-12-18(16-24(22)29-23(21)15-17)20-8-4-6-10-26(20)31(2)28/h3-16H,1-2H3. The van der Waals surface area contributed by atoms with Crippen molar-refractivity contribution >= 4 is 53.1 Å². The van der Waals surface area contributed by atoms with E-state index in [1.165, 1.54) is 20.2 Å². The van der Waals surface area contributed by atoms with Crippen LogP contribution in [0.2, 0.25) is 0 Å². The lowest BCUT2D eigenvalue weighted by molar-refractivity contribution is 0.686. The summed E-state index contributed by atoms with van der Waals surface area (Å²) in [6.07, 6.45) is 3.44. The van der Waals surface area contributed by atoms with Gasteiger partial charge in [-0.05, 0) is 46.5 Å². The van der Waals surface area contributed by atoms with E-state index in [4.69, 9.17) is 0 Å². The highest BCUT2D eigenvalue weighted by Gasteiger charge is 2.13. The van der Waals surface area contributed by atoms with Crippen LogP contribution in [0, 0.1) is 0 Å². The van der Waals surface area contributed by atoms with Gasteiger partial charge in [0.2, 0.25) is 0 Å². The number of thiophene rings is 1. The van der Waals surface area contributed by atoms with Gasteiger partial charge in [0.1, 0.15) is 0 Å². The Balaban J connectivity index is 1.66. The molecule has 2 unspecified atom stereocenters. The molecule has 0 saturated carbocycles. The van der Waals surface area contributed by atoms with Crippen molar-refractivity contribution < 1.29 is 8.42 Å². The van der Waals surface area contributed by atoms with Crippen molar-refractivity contribution in [1.29, 1.82) is 0 Å². The summed E-state index contributed by atoms with van der Waals surface area (Å²) in [5.74, 6) is 0. The maximum Gasteiger partial charge on any atom is 0.0504 e. The fourth-order valence-electron chi connectivity index (χ4n) is 4.02. The molecule has 0 amide bonds. The Morgan fingerprint density at radius 3 is 1.42 bits per heavy atom. The Morgan fingerprint density at radius 1 is 0.581 bits per heavy atom. The lowest BCUT2D eigenvalue weighted by atomic mass is 10.0. The Kier molecular flexibility index (Phi) is 5.34. The van der Waals surface area contributed by atoms with Crippen molar-refractivity contribution in [3.8, 4) is 22.3 Å². The molecule has 0 aliphatic heterocycles. The molecular weight excluding hydrogens is 440 g/mol. The van der Waals surface area contributed by atoms with Crippen LogP contribution in [0.5, 0.6) is 0 Å². The van der Waals surface area contributed by atoms with E-state index in [1.54, 1.807) is 23.8 Å². The van der Waals surface area contributed by atoms with E-state index in [1.807, 2.05) is 48.5 Å². The van der Waals surface area contributed by atoms with Crippen LogP contribution in [0.3, 0.4) is 0 Å². The molecule has 1 aromatic heterocycles. The van der Waals surface area contributed by atoms with Crippen LogP contribution in [0.15, 0.2) is 94.7 Å². The highest BCUT2D eigenvalue weighted by Crippen LogP contribution is 2.39. The SMILES string of the molecule is CS(=O)c1ccccc1-c1ccc2c(c1)sc1cc(-c3ccccc3S(C)=O)ccc12. The molecule has 0 radical (unpaired) electrons. The lowest BCUT2D eigenvalue weighted by Crippen LogP contribution is -1.91. The molecule has 0 spiro atoms. The highest BCUT2D eigenvalue weighted by atomic mass is 32.2. The summed E-state index contributed by atoms with van der Waals surface area (Å²) in [6, 6.07) is 28.7. The molecule has 31 heavy (non-hydrogen) atoms. The zero-order valence-electron chi connectivity index (χ0n) is 17.1. The third-order valence-electron chi connectivity index (χ3n) is 5.49. The summed E-state index contributed by atoms with van der Waals surface area (Å²) in [5, 5.41) is 2.44.